The lowest BCUT2D eigenvalue weighted by molar-refractivity contribution is 0.1000. The Labute approximate surface area is 163 Å². The Morgan fingerprint density at radius 1 is 0.960 bits per heavy atom. The fourth-order valence-electron chi connectivity index (χ4n) is 2.64. The van der Waals surface area contributed by atoms with Gasteiger partial charge in [-0.25, -0.2) is 0 Å². The number of halogens is 1. The molecule has 1 aromatic heterocycles. The van der Waals surface area contributed by atoms with Crippen LogP contribution in [0.3, 0.4) is 0 Å². The van der Waals surface area contributed by atoms with Crippen molar-refractivity contribution in [3.63, 3.8) is 0 Å². The van der Waals surface area contributed by atoms with E-state index in [1.807, 2.05) is 42.5 Å². The third-order valence-electron chi connectivity index (χ3n) is 3.74. The van der Waals surface area contributed by atoms with Crippen molar-refractivity contribution in [1.82, 2.24) is 10.1 Å². The highest BCUT2D eigenvalue weighted by Crippen LogP contribution is 2.14. The van der Waals surface area contributed by atoms with Gasteiger partial charge in [0.25, 0.3) is 0 Å². The molecular weight excluding hydrogens is 429 g/mol. The van der Waals surface area contributed by atoms with E-state index >= 15 is 0 Å². The van der Waals surface area contributed by atoms with Gasteiger partial charge in [0.15, 0.2) is 0 Å². The van der Waals surface area contributed by atoms with Gasteiger partial charge in [0.2, 0.25) is 5.91 Å². The molecular formula is C19H20IN3O2. The van der Waals surface area contributed by atoms with E-state index in [-0.39, 0.29) is 24.0 Å². The molecule has 130 valence electrons. The van der Waals surface area contributed by atoms with Gasteiger partial charge in [0.05, 0.1) is 5.69 Å². The van der Waals surface area contributed by atoms with E-state index in [9.17, 15) is 4.79 Å². The summed E-state index contributed by atoms with van der Waals surface area (Å²) in [6.45, 7) is 2.11. The Balaban J connectivity index is 0.00000225. The number of carbonyl (C=O) groups excluding carboxylic acids is 1. The van der Waals surface area contributed by atoms with Crippen LogP contribution in [0.25, 0.3) is 0 Å². The van der Waals surface area contributed by atoms with Crippen LogP contribution in [0.5, 0.6) is 0 Å². The fraction of sp³-hybridized carbons (Fsp3) is 0.158. The van der Waals surface area contributed by atoms with E-state index in [1.165, 1.54) is 5.56 Å². The number of hydrogen-bond donors (Lipinski definition) is 1. The topological polar surface area (TPSA) is 72.4 Å². The minimum atomic E-state index is -0.414. The largest absolute Gasteiger partial charge is 0.366 e. The molecule has 25 heavy (non-hydrogen) atoms. The van der Waals surface area contributed by atoms with Gasteiger partial charge in [0.1, 0.15) is 6.26 Å². The molecule has 0 fully saturated rings. The van der Waals surface area contributed by atoms with E-state index in [0.717, 1.165) is 17.8 Å². The summed E-state index contributed by atoms with van der Waals surface area (Å²) < 4.78 is 4.93. The van der Waals surface area contributed by atoms with Gasteiger partial charge >= 0.3 is 0 Å². The van der Waals surface area contributed by atoms with E-state index in [4.69, 9.17) is 10.3 Å². The van der Waals surface area contributed by atoms with Crippen LogP contribution in [0.15, 0.2) is 71.4 Å². The number of rotatable bonds is 7. The molecule has 0 unspecified atom stereocenters. The predicted molar refractivity (Wildman–Crippen MR) is 106 cm³/mol. The molecule has 2 aromatic carbocycles. The SMILES string of the molecule is I.NC(=O)c1cccc(CN(Cc2ccccc2)Cc2ccon2)c1. The Kier molecular flexibility index (Phi) is 7.15. The van der Waals surface area contributed by atoms with Crippen molar-refractivity contribution >= 4 is 29.9 Å². The van der Waals surface area contributed by atoms with Gasteiger partial charge in [-0.3, -0.25) is 9.69 Å². The summed E-state index contributed by atoms with van der Waals surface area (Å²) in [5, 5.41) is 3.99. The first-order valence-corrected chi connectivity index (χ1v) is 7.75. The lowest BCUT2D eigenvalue weighted by Crippen LogP contribution is -2.23. The van der Waals surface area contributed by atoms with Crippen molar-refractivity contribution in [1.29, 1.82) is 0 Å². The number of hydrogen-bond acceptors (Lipinski definition) is 4. The molecule has 0 aliphatic rings. The van der Waals surface area contributed by atoms with E-state index in [2.05, 4.69) is 22.2 Å². The Morgan fingerprint density at radius 3 is 2.36 bits per heavy atom. The van der Waals surface area contributed by atoms with Crippen molar-refractivity contribution in [2.24, 2.45) is 5.73 Å². The van der Waals surface area contributed by atoms with Crippen LogP contribution in [0.4, 0.5) is 0 Å². The summed E-state index contributed by atoms with van der Waals surface area (Å²) in [5.74, 6) is -0.414. The van der Waals surface area contributed by atoms with E-state index in [1.54, 1.807) is 12.3 Å². The molecule has 1 heterocycles. The standard InChI is InChI=1S/C19H19N3O2.HI/c20-19(23)17-8-4-7-16(11-17)13-22(14-18-9-10-24-21-18)12-15-5-2-1-3-6-15;/h1-11H,12-14H2,(H2,20,23);1H. The summed E-state index contributed by atoms with van der Waals surface area (Å²) in [4.78, 5) is 13.6. The molecule has 3 aromatic rings. The molecule has 0 atom stereocenters. The third kappa shape index (κ3) is 5.68. The minimum absolute atomic E-state index is 0. The predicted octanol–water partition coefficient (Wildman–Crippen LogP) is 3.59. The molecule has 0 saturated carbocycles. The fourth-order valence-corrected chi connectivity index (χ4v) is 2.64. The van der Waals surface area contributed by atoms with E-state index in [0.29, 0.717) is 18.7 Å². The molecule has 3 rings (SSSR count). The number of nitrogens with zero attached hydrogens (tertiary/aromatic N) is 2. The van der Waals surface area contributed by atoms with Crippen molar-refractivity contribution < 1.29 is 9.32 Å². The normalized spacial score (nSPS) is 10.4. The van der Waals surface area contributed by atoms with Crippen molar-refractivity contribution in [2.75, 3.05) is 0 Å². The monoisotopic (exact) mass is 449 g/mol. The summed E-state index contributed by atoms with van der Waals surface area (Å²) in [5.41, 5.74) is 9.01. The molecule has 6 heteroatoms. The lowest BCUT2D eigenvalue weighted by Gasteiger charge is -2.21. The zero-order valence-electron chi connectivity index (χ0n) is 13.7. The maximum atomic E-state index is 11.4. The molecule has 0 radical (unpaired) electrons. The Hall–Kier alpha value is -2.19. The van der Waals surface area contributed by atoms with Crippen LogP contribution in [0.2, 0.25) is 0 Å². The minimum Gasteiger partial charge on any atom is -0.366 e. The summed E-state index contributed by atoms with van der Waals surface area (Å²) in [6, 6.07) is 19.5. The number of aromatic nitrogens is 1. The number of benzene rings is 2. The van der Waals surface area contributed by atoms with Gasteiger partial charge in [-0.2, -0.15) is 0 Å². The first-order valence-electron chi connectivity index (χ1n) is 7.75. The second-order valence-corrected chi connectivity index (χ2v) is 5.69. The molecule has 0 spiro atoms. The van der Waals surface area contributed by atoms with Gasteiger partial charge in [0, 0.05) is 31.3 Å². The smallest absolute Gasteiger partial charge is 0.248 e. The van der Waals surface area contributed by atoms with Crippen LogP contribution in [0, 0.1) is 0 Å². The number of amides is 1. The van der Waals surface area contributed by atoms with Gasteiger partial charge in [-0.05, 0) is 23.3 Å². The van der Waals surface area contributed by atoms with Crippen LogP contribution in [0.1, 0.15) is 27.2 Å². The molecule has 5 nitrogen and oxygen atoms in total. The number of primary amides is 1. The van der Waals surface area contributed by atoms with Crippen molar-refractivity contribution in [3.8, 4) is 0 Å². The van der Waals surface area contributed by atoms with Gasteiger partial charge in [-0.1, -0.05) is 47.6 Å². The van der Waals surface area contributed by atoms with Crippen molar-refractivity contribution in [3.05, 3.63) is 89.3 Å². The highest BCUT2D eigenvalue weighted by molar-refractivity contribution is 14.0. The maximum Gasteiger partial charge on any atom is 0.248 e. The third-order valence-corrected chi connectivity index (χ3v) is 3.74. The van der Waals surface area contributed by atoms with Crippen LogP contribution in [-0.2, 0) is 19.6 Å². The van der Waals surface area contributed by atoms with Crippen LogP contribution in [-0.4, -0.2) is 16.0 Å². The average Bonchev–Trinajstić information content (AvgIpc) is 3.09. The highest BCUT2D eigenvalue weighted by Gasteiger charge is 2.11. The molecule has 0 aliphatic heterocycles. The van der Waals surface area contributed by atoms with Crippen LogP contribution < -0.4 is 5.73 Å². The molecule has 1 amide bonds. The maximum absolute atomic E-state index is 11.4. The molecule has 0 aliphatic carbocycles. The summed E-state index contributed by atoms with van der Waals surface area (Å²) in [6.07, 6.45) is 1.57. The first kappa shape index (κ1) is 19.1. The number of carbonyl (C=O) groups is 1. The molecule has 0 bridgehead atoms. The zero-order chi connectivity index (χ0) is 16.8. The first-order chi connectivity index (χ1) is 11.7. The quantitative estimate of drug-likeness (QED) is 0.560. The average molecular weight is 449 g/mol. The van der Waals surface area contributed by atoms with Crippen LogP contribution >= 0.6 is 24.0 Å². The second kappa shape index (κ2) is 9.33. The second-order valence-electron chi connectivity index (χ2n) is 5.69. The lowest BCUT2D eigenvalue weighted by atomic mass is 10.1. The van der Waals surface area contributed by atoms with Crippen molar-refractivity contribution in [2.45, 2.75) is 19.6 Å². The molecule has 2 N–H and O–H groups in total. The Morgan fingerprint density at radius 2 is 1.68 bits per heavy atom. The number of nitrogens with two attached hydrogens (primary N) is 1. The van der Waals surface area contributed by atoms with Gasteiger partial charge in [-0.15, -0.1) is 24.0 Å². The van der Waals surface area contributed by atoms with Gasteiger partial charge < -0.3 is 10.3 Å². The summed E-state index contributed by atoms with van der Waals surface area (Å²) >= 11 is 0. The zero-order valence-corrected chi connectivity index (χ0v) is 16.0. The Bertz CT molecular complexity index is 791. The summed E-state index contributed by atoms with van der Waals surface area (Å²) in [7, 11) is 0. The highest BCUT2D eigenvalue weighted by atomic mass is 127. The molecule has 0 saturated heterocycles. The van der Waals surface area contributed by atoms with E-state index < -0.39 is 5.91 Å².